The van der Waals surface area contributed by atoms with Gasteiger partial charge in [-0.25, -0.2) is 0 Å². The molecule has 1 unspecified atom stereocenters. The van der Waals surface area contributed by atoms with E-state index in [1.54, 1.807) is 0 Å². The third kappa shape index (κ3) is 4.59. The minimum Gasteiger partial charge on any atom is -0.316 e. The summed E-state index contributed by atoms with van der Waals surface area (Å²) in [4.78, 5) is 0. The molecule has 0 amide bonds. The summed E-state index contributed by atoms with van der Waals surface area (Å²) in [6.45, 7) is 6.09. The van der Waals surface area contributed by atoms with Crippen molar-refractivity contribution in [2.24, 2.45) is 11.8 Å². The van der Waals surface area contributed by atoms with Crippen molar-refractivity contribution < 1.29 is 0 Å². The summed E-state index contributed by atoms with van der Waals surface area (Å²) in [6.07, 6.45) is 11.5. The van der Waals surface area contributed by atoms with Gasteiger partial charge in [-0.2, -0.15) is 0 Å². The van der Waals surface area contributed by atoms with Crippen molar-refractivity contribution in [1.29, 1.82) is 0 Å². The van der Waals surface area contributed by atoms with Crippen LogP contribution >= 0.6 is 0 Å². The fourth-order valence-corrected chi connectivity index (χ4v) is 3.43. The molecule has 1 heterocycles. The standard InChI is InChI=1S/C15H30N2/c1-13(15-8-4-2-3-5-9-15)17-12-14-7-6-10-16-11-14/h13-17H,2-12H2,1H3/t13-,14?/m1/s1. The molecule has 0 aromatic carbocycles. The maximum atomic E-state index is 3.81. The van der Waals surface area contributed by atoms with Crippen LogP contribution in [0.3, 0.4) is 0 Å². The minimum absolute atomic E-state index is 0.732. The Morgan fingerprint density at radius 3 is 2.47 bits per heavy atom. The first kappa shape index (κ1) is 13.4. The van der Waals surface area contributed by atoms with E-state index in [1.807, 2.05) is 0 Å². The molecule has 0 bridgehead atoms. The third-order valence-corrected chi connectivity index (χ3v) is 4.73. The van der Waals surface area contributed by atoms with Crippen LogP contribution in [-0.4, -0.2) is 25.7 Å². The largest absolute Gasteiger partial charge is 0.316 e. The van der Waals surface area contributed by atoms with Gasteiger partial charge in [0.1, 0.15) is 0 Å². The van der Waals surface area contributed by atoms with Gasteiger partial charge in [-0.15, -0.1) is 0 Å². The summed E-state index contributed by atoms with van der Waals surface area (Å²) in [5, 5.41) is 7.32. The van der Waals surface area contributed by atoms with Gasteiger partial charge >= 0.3 is 0 Å². The summed E-state index contributed by atoms with van der Waals surface area (Å²) in [7, 11) is 0. The molecule has 0 aromatic rings. The molecule has 0 spiro atoms. The van der Waals surface area contributed by atoms with E-state index < -0.39 is 0 Å². The first-order valence-corrected chi connectivity index (χ1v) is 7.80. The van der Waals surface area contributed by atoms with Gasteiger partial charge in [-0.1, -0.05) is 25.7 Å². The predicted octanol–water partition coefficient (Wildman–Crippen LogP) is 2.93. The zero-order valence-electron chi connectivity index (χ0n) is 11.5. The average Bonchev–Trinajstić information content (AvgIpc) is 2.66. The highest BCUT2D eigenvalue weighted by atomic mass is 14.9. The van der Waals surface area contributed by atoms with Crippen molar-refractivity contribution in [2.45, 2.75) is 64.3 Å². The zero-order chi connectivity index (χ0) is 11.9. The van der Waals surface area contributed by atoms with Crippen LogP contribution in [-0.2, 0) is 0 Å². The Labute approximate surface area is 107 Å². The van der Waals surface area contributed by atoms with E-state index >= 15 is 0 Å². The molecule has 0 aromatic heterocycles. The summed E-state index contributed by atoms with van der Waals surface area (Å²) in [5.74, 6) is 1.81. The third-order valence-electron chi connectivity index (χ3n) is 4.73. The lowest BCUT2D eigenvalue weighted by atomic mass is 9.92. The van der Waals surface area contributed by atoms with Gasteiger partial charge in [0.2, 0.25) is 0 Å². The van der Waals surface area contributed by atoms with Gasteiger partial charge < -0.3 is 10.6 Å². The zero-order valence-corrected chi connectivity index (χ0v) is 11.5. The minimum atomic E-state index is 0.732. The Bertz CT molecular complexity index is 191. The monoisotopic (exact) mass is 238 g/mol. The van der Waals surface area contributed by atoms with Crippen molar-refractivity contribution >= 4 is 0 Å². The molecular weight excluding hydrogens is 208 g/mol. The van der Waals surface area contributed by atoms with E-state index in [9.17, 15) is 0 Å². The Morgan fingerprint density at radius 2 is 1.82 bits per heavy atom. The first-order chi connectivity index (χ1) is 8.36. The molecule has 17 heavy (non-hydrogen) atoms. The van der Waals surface area contributed by atoms with Crippen LogP contribution in [0.2, 0.25) is 0 Å². The second kappa shape index (κ2) is 7.38. The highest BCUT2D eigenvalue weighted by molar-refractivity contribution is 4.78. The van der Waals surface area contributed by atoms with Crippen LogP contribution in [0.5, 0.6) is 0 Å². The van der Waals surface area contributed by atoms with Crippen LogP contribution < -0.4 is 10.6 Å². The highest BCUT2D eigenvalue weighted by Crippen LogP contribution is 2.25. The molecule has 1 saturated carbocycles. The van der Waals surface area contributed by atoms with E-state index in [-0.39, 0.29) is 0 Å². The van der Waals surface area contributed by atoms with Crippen LogP contribution in [0.25, 0.3) is 0 Å². The van der Waals surface area contributed by atoms with E-state index in [0.717, 1.165) is 17.9 Å². The molecule has 1 aliphatic heterocycles. The van der Waals surface area contributed by atoms with Gasteiger partial charge in [0, 0.05) is 6.04 Å². The SMILES string of the molecule is C[C@@H](NCC1CCCNC1)C1CCCCCC1. The van der Waals surface area contributed by atoms with Crippen molar-refractivity contribution in [3.05, 3.63) is 0 Å². The molecule has 2 N–H and O–H groups in total. The number of nitrogens with one attached hydrogen (secondary N) is 2. The summed E-state index contributed by atoms with van der Waals surface area (Å²) >= 11 is 0. The maximum absolute atomic E-state index is 3.81. The second-order valence-corrected chi connectivity index (χ2v) is 6.16. The number of hydrogen-bond acceptors (Lipinski definition) is 2. The Morgan fingerprint density at radius 1 is 1.06 bits per heavy atom. The van der Waals surface area contributed by atoms with Crippen LogP contribution in [0.15, 0.2) is 0 Å². The highest BCUT2D eigenvalue weighted by Gasteiger charge is 2.20. The lowest BCUT2D eigenvalue weighted by molar-refractivity contribution is 0.294. The Kier molecular flexibility index (Phi) is 5.79. The maximum Gasteiger partial charge on any atom is 0.00671 e. The molecular formula is C15H30N2. The van der Waals surface area contributed by atoms with Crippen molar-refractivity contribution in [2.75, 3.05) is 19.6 Å². The van der Waals surface area contributed by atoms with E-state index in [4.69, 9.17) is 0 Å². The number of piperidine rings is 1. The van der Waals surface area contributed by atoms with E-state index in [1.165, 1.54) is 71.0 Å². The first-order valence-electron chi connectivity index (χ1n) is 7.80. The Balaban J connectivity index is 1.66. The molecule has 100 valence electrons. The topological polar surface area (TPSA) is 24.1 Å². The van der Waals surface area contributed by atoms with Crippen LogP contribution in [0, 0.1) is 11.8 Å². The molecule has 2 nitrogen and oxygen atoms in total. The molecule has 2 rings (SSSR count). The lowest BCUT2D eigenvalue weighted by Crippen LogP contribution is -2.41. The molecule has 2 fully saturated rings. The predicted molar refractivity (Wildman–Crippen MR) is 74.3 cm³/mol. The van der Waals surface area contributed by atoms with Crippen molar-refractivity contribution in [3.8, 4) is 0 Å². The summed E-state index contributed by atoms with van der Waals surface area (Å²) in [6, 6.07) is 0.732. The molecule has 2 aliphatic rings. The second-order valence-electron chi connectivity index (χ2n) is 6.16. The van der Waals surface area contributed by atoms with Gasteiger partial charge in [0.25, 0.3) is 0 Å². The van der Waals surface area contributed by atoms with Crippen LogP contribution in [0.1, 0.15) is 58.3 Å². The lowest BCUT2D eigenvalue weighted by Gasteiger charge is -2.28. The van der Waals surface area contributed by atoms with Crippen molar-refractivity contribution in [1.82, 2.24) is 10.6 Å². The Hall–Kier alpha value is -0.0800. The van der Waals surface area contributed by atoms with E-state index in [0.29, 0.717) is 0 Å². The van der Waals surface area contributed by atoms with Crippen LogP contribution in [0.4, 0.5) is 0 Å². The fourth-order valence-electron chi connectivity index (χ4n) is 3.43. The van der Waals surface area contributed by atoms with Gasteiger partial charge in [-0.3, -0.25) is 0 Å². The molecule has 0 radical (unpaired) electrons. The van der Waals surface area contributed by atoms with Gasteiger partial charge in [-0.05, 0) is 64.1 Å². The molecule has 2 heteroatoms. The fraction of sp³-hybridized carbons (Fsp3) is 1.00. The normalized spacial score (nSPS) is 29.8. The summed E-state index contributed by atoms with van der Waals surface area (Å²) in [5.41, 5.74) is 0. The van der Waals surface area contributed by atoms with E-state index in [2.05, 4.69) is 17.6 Å². The average molecular weight is 238 g/mol. The van der Waals surface area contributed by atoms with Crippen molar-refractivity contribution in [3.63, 3.8) is 0 Å². The number of hydrogen-bond donors (Lipinski definition) is 2. The van der Waals surface area contributed by atoms with Gasteiger partial charge in [0.05, 0.1) is 0 Å². The molecule has 1 aliphatic carbocycles. The smallest absolute Gasteiger partial charge is 0.00671 e. The number of rotatable bonds is 4. The molecule has 2 atom stereocenters. The quantitative estimate of drug-likeness (QED) is 0.736. The van der Waals surface area contributed by atoms with Gasteiger partial charge in [0.15, 0.2) is 0 Å². The summed E-state index contributed by atoms with van der Waals surface area (Å²) < 4.78 is 0. The molecule has 1 saturated heterocycles.